The van der Waals surface area contributed by atoms with Gasteiger partial charge in [0.1, 0.15) is 6.26 Å². The van der Waals surface area contributed by atoms with Crippen molar-refractivity contribution in [2.24, 2.45) is 0 Å². The van der Waals surface area contributed by atoms with Gasteiger partial charge >= 0.3 is 11.2 Å². The molecule has 0 aliphatic rings. The highest BCUT2D eigenvalue weighted by Crippen LogP contribution is 2.09. The second kappa shape index (κ2) is 3.79. The van der Waals surface area contributed by atoms with Crippen LogP contribution in [0, 0.1) is 0 Å². The van der Waals surface area contributed by atoms with Crippen LogP contribution in [0.2, 0.25) is 0 Å². The average molecular weight is 219 g/mol. The molecule has 0 saturated heterocycles. The molecule has 78 valence electrons. The molecule has 0 spiro atoms. The maximum absolute atomic E-state index is 11.0. The molecule has 14 heavy (non-hydrogen) atoms. The largest absolute Gasteiger partial charge is 0.461 e. The molecule has 1 aromatic heterocycles. The summed E-state index contributed by atoms with van der Waals surface area (Å²) in [6.07, 6.45) is 1.89. The Morgan fingerprint density at radius 3 is 2.71 bits per heavy atom. The number of hydrogen-bond acceptors (Lipinski definition) is 6. The van der Waals surface area contributed by atoms with Crippen LogP contribution in [0.1, 0.15) is 17.4 Å². The molecule has 7 heteroatoms. The van der Waals surface area contributed by atoms with Gasteiger partial charge < -0.3 is 9.15 Å². The molecule has 0 aliphatic heterocycles. The third-order valence-electron chi connectivity index (χ3n) is 1.28. The lowest BCUT2D eigenvalue weighted by Crippen LogP contribution is -2.06. The van der Waals surface area contributed by atoms with E-state index in [4.69, 9.17) is 0 Å². The normalized spacial score (nSPS) is 11.3. The molecule has 1 heterocycles. The smallest absolute Gasteiger partial charge is 0.360 e. The highest BCUT2D eigenvalue weighted by atomic mass is 32.2. The first-order valence-corrected chi connectivity index (χ1v) is 5.67. The van der Waals surface area contributed by atoms with Gasteiger partial charge in [0.2, 0.25) is 9.84 Å². The minimum Gasteiger partial charge on any atom is -0.461 e. The van der Waals surface area contributed by atoms with E-state index in [0.717, 1.165) is 12.5 Å². The quantitative estimate of drug-likeness (QED) is 0.677. The van der Waals surface area contributed by atoms with Gasteiger partial charge in [-0.3, -0.25) is 0 Å². The van der Waals surface area contributed by atoms with Crippen LogP contribution in [-0.2, 0) is 14.6 Å². The van der Waals surface area contributed by atoms with Crippen molar-refractivity contribution in [3.8, 4) is 0 Å². The van der Waals surface area contributed by atoms with Crippen molar-refractivity contribution in [1.82, 2.24) is 4.98 Å². The Kier molecular flexibility index (Phi) is 2.90. The summed E-state index contributed by atoms with van der Waals surface area (Å²) in [4.78, 5) is 14.5. The fourth-order valence-corrected chi connectivity index (χ4v) is 1.21. The van der Waals surface area contributed by atoms with Gasteiger partial charge in [-0.15, -0.1) is 0 Å². The summed E-state index contributed by atoms with van der Waals surface area (Å²) in [6, 6.07) is 0. The van der Waals surface area contributed by atoms with Crippen molar-refractivity contribution in [2.45, 2.75) is 12.1 Å². The van der Waals surface area contributed by atoms with E-state index in [1.807, 2.05) is 0 Å². The minimum atomic E-state index is -3.52. The van der Waals surface area contributed by atoms with Gasteiger partial charge in [0.05, 0.1) is 6.61 Å². The molecule has 0 amide bonds. The summed E-state index contributed by atoms with van der Waals surface area (Å²) in [7, 11) is -3.52. The summed E-state index contributed by atoms with van der Waals surface area (Å²) in [5.41, 5.74) is -0.146. The maximum atomic E-state index is 11.0. The standard InChI is InChI=1S/C7H9NO5S/c1-3-12-6(9)5-4-13-7(8-5)14(2,10)11/h4H,3H2,1-2H3. The van der Waals surface area contributed by atoms with Gasteiger partial charge in [-0.2, -0.15) is 4.98 Å². The zero-order chi connectivity index (χ0) is 10.8. The van der Waals surface area contributed by atoms with Crippen molar-refractivity contribution in [3.63, 3.8) is 0 Å². The van der Waals surface area contributed by atoms with Gasteiger partial charge in [0, 0.05) is 6.26 Å². The van der Waals surface area contributed by atoms with E-state index in [1.165, 1.54) is 0 Å². The highest BCUT2D eigenvalue weighted by molar-refractivity contribution is 7.90. The van der Waals surface area contributed by atoms with Crippen molar-refractivity contribution in [1.29, 1.82) is 0 Å². The fourth-order valence-electron chi connectivity index (χ4n) is 0.726. The lowest BCUT2D eigenvalue weighted by Gasteiger charge is -1.94. The third kappa shape index (κ3) is 2.32. The number of aromatic nitrogens is 1. The van der Waals surface area contributed by atoms with Crippen LogP contribution >= 0.6 is 0 Å². The number of nitrogens with zero attached hydrogens (tertiary/aromatic N) is 1. The Morgan fingerprint density at radius 1 is 1.64 bits per heavy atom. The van der Waals surface area contributed by atoms with Gasteiger partial charge in [-0.25, -0.2) is 13.2 Å². The molecule has 0 aliphatic carbocycles. The number of carbonyl (C=O) groups is 1. The Morgan fingerprint density at radius 2 is 2.29 bits per heavy atom. The van der Waals surface area contributed by atoms with Gasteiger partial charge in [-0.1, -0.05) is 0 Å². The van der Waals surface area contributed by atoms with E-state index in [9.17, 15) is 13.2 Å². The predicted molar refractivity (Wildman–Crippen MR) is 45.6 cm³/mol. The van der Waals surface area contributed by atoms with Crippen molar-refractivity contribution >= 4 is 15.8 Å². The van der Waals surface area contributed by atoms with Crippen LogP contribution in [0.5, 0.6) is 0 Å². The van der Waals surface area contributed by atoms with Crippen LogP contribution in [0.4, 0.5) is 0 Å². The molecule has 0 bridgehead atoms. The van der Waals surface area contributed by atoms with E-state index in [1.54, 1.807) is 6.92 Å². The van der Waals surface area contributed by atoms with Crippen molar-refractivity contribution < 1.29 is 22.4 Å². The topological polar surface area (TPSA) is 86.5 Å². The molecule has 0 fully saturated rings. The van der Waals surface area contributed by atoms with Crippen LogP contribution in [0.25, 0.3) is 0 Å². The molecule has 0 atom stereocenters. The first kappa shape index (κ1) is 10.7. The molecule has 0 aromatic carbocycles. The van der Waals surface area contributed by atoms with Crippen LogP contribution < -0.4 is 0 Å². The summed E-state index contributed by atoms with van der Waals surface area (Å²) >= 11 is 0. The SMILES string of the molecule is CCOC(=O)c1coc(S(C)(=O)=O)n1. The second-order valence-electron chi connectivity index (χ2n) is 2.49. The van der Waals surface area contributed by atoms with Gasteiger partial charge in [0.25, 0.3) is 0 Å². The molecule has 0 saturated carbocycles. The molecule has 1 aromatic rings. The first-order valence-electron chi connectivity index (χ1n) is 3.78. The van der Waals surface area contributed by atoms with E-state index >= 15 is 0 Å². The van der Waals surface area contributed by atoms with E-state index < -0.39 is 21.0 Å². The zero-order valence-electron chi connectivity index (χ0n) is 7.68. The van der Waals surface area contributed by atoms with Gasteiger partial charge in [0.15, 0.2) is 5.69 Å². The molecule has 0 radical (unpaired) electrons. The fraction of sp³-hybridized carbons (Fsp3) is 0.429. The average Bonchev–Trinajstić information content (AvgIpc) is 2.51. The molecule has 1 rings (SSSR count). The molecular formula is C7H9NO5S. The summed E-state index contributed by atoms with van der Waals surface area (Å²) in [5.74, 6) is -0.703. The van der Waals surface area contributed by atoms with Crippen molar-refractivity contribution in [2.75, 3.05) is 12.9 Å². The number of oxazole rings is 1. The lowest BCUT2D eigenvalue weighted by atomic mass is 10.5. The van der Waals surface area contributed by atoms with Gasteiger partial charge in [-0.05, 0) is 6.92 Å². The molecular weight excluding hydrogens is 210 g/mol. The third-order valence-corrected chi connectivity index (χ3v) is 2.11. The first-order chi connectivity index (χ1) is 6.45. The molecule has 0 N–H and O–H groups in total. The minimum absolute atomic E-state index is 0.146. The predicted octanol–water partition coefficient (Wildman–Crippen LogP) is 0.255. The highest BCUT2D eigenvalue weighted by Gasteiger charge is 2.19. The number of hydrogen-bond donors (Lipinski definition) is 0. The molecule has 6 nitrogen and oxygen atoms in total. The number of sulfone groups is 1. The van der Waals surface area contributed by atoms with Crippen LogP contribution in [0.15, 0.2) is 15.9 Å². The number of carbonyl (C=O) groups excluding carboxylic acids is 1. The zero-order valence-corrected chi connectivity index (χ0v) is 8.50. The van der Waals surface area contributed by atoms with Crippen molar-refractivity contribution in [3.05, 3.63) is 12.0 Å². The van der Waals surface area contributed by atoms with Crippen LogP contribution in [-0.4, -0.2) is 32.2 Å². The van der Waals surface area contributed by atoms with E-state index in [2.05, 4.69) is 14.1 Å². The monoisotopic (exact) mass is 219 g/mol. The number of ether oxygens (including phenoxy) is 1. The summed E-state index contributed by atoms with van der Waals surface area (Å²) in [5, 5.41) is -0.486. The Labute approximate surface area is 80.8 Å². The lowest BCUT2D eigenvalue weighted by molar-refractivity contribution is 0.0519. The summed E-state index contributed by atoms with van der Waals surface area (Å²) in [6.45, 7) is 1.83. The Hall–Kier alpha value is -1.37. The Bertz CT molecular complexity index is 433. The second-order valence-corrected chi connectivity index (χ2v) is 4.38. The van der Waals surface area contributed by atoms with E-state index in [0.29, 0.717) is 0 Å². The molecule has 0 unspecified atom stereocenters. The van der Waals surface area contributed by atoms with E-state index in [-0.39, 0.29) is 12.3 Å². The number of rotatable bonds is 3. The van der Waals surface area contributed by atoms with Crippen LogP contribution in [0.3, 0.4) is 0 Å². The maximum Gasteiger partial charge on any atom is 0.360 e. The number of esters is 1. The Balaban J connectivity index is 2.94. The summed E-state index contributed by atoms with van der Waals surface area (Å²) < 4.78 is 31.0.